The van der Waals surface area contributed by atoms with E-state index in [2.05, 4.69) is 0 Å². The van der Waals surface area contributed by atoms with E-state index in [-0.39, 0.29) is 74.0 Å². The monoisotopic (exact) mass is 334 g/mol. The van der Waals surface area contributed by atoms with Crippen LogP contribution in [-0.4, -0.2) is 21.9 Å². The van der Waals surface area contributed by atoms with E-state index < -0.39 is 0 Å². The van der Waals surface area contributed by atoms with Crippen molar-refractivity contribution in [1.82, 2.24) is 0 Å². The van der Waals surface area contributed by atoms with Gasteiger partial charge in [-0.2, -0.15) is 0 Å². The molecule has 0 aromatic carbocycles. The van der Waals surface area contributed by atoms with Crippen LogP contribution in [0.1, 0.15) is 0 Å². The van der Waals surface area contributed by atoms with Crippen molar-refractivity contribution >= 4 is 21.9 Å². The maximum atomic E-state index is 0. The molecular formula is H8HfSi2Zr. The second-order valence-corrected chi connectivity index (χ2v) is 0. The van der Waals surface area contributed by atoms with Crippen LogP contribution in [0, 0.1) is 0 Å². The summed E-state index contributed by atoms with van der Waals surface area (Å²) in [6.07, 6.45) is 0. The first-order valence-electron chi connectivity index (χ1n) is 0. The maximum absolute atomic E-state index is 0. The molecule has 0 heterocycles. The van der Waals surface area contributed by atoms with Crippen LogP contribution in [0.2, 0.25) is 0 Å². The summed E-state index contributed by atoms with van der Waals surface area (Å²) in [7, 11) is 0. The van der Waals surface area contributed by atoms with Crippen molar-refractivity contribution in [3.8, 4) is 0 Å². The Morgan fingerprint density at radius 1 is 0.750 bits per heavy atom. The zero-order valence-corrected chi connectivity index (χ0v) is 7.05. The molecule has 0 unspecified atom stereocenters. The van der Waals surface area contributed by atoms with E-state index in [1.807, 2.05) is 0 Å². The molecule has 0 aliphatic heterocycles. The summed E-state index contributed by atoms with van der Waals surface area (Å²) in [5.41, 5.74) is 0. The summed E-state index contributed by atoms with van der Waals surface area (Å²) < 4.78 is 0. The molecule has 0 saturated carbocycles. The van der Waals surface area contributed by atoms with E-state index in [9.17, 15) is 0 Å². The Bertz CT molecular complexity index is 6.00. The standard InChI is InChI=1S/Hf.2H4Si.Zr/h;2*1H4;. The van der Waals surface area contributed by atoms with Gasteiger partial charge >= 0.3 is 0 Å². The minimum Gasteiger partial charge on any atom is -0.0149 e. The molecule has 0 aromatic heterocycles. The van der Waals surface area contributed by atoms with Crippen LogP contribution in [0.25, 0.3) is 0 Å². The third-order valence-electron chi connectivity index (χ3n) is 0. The Morgan fingerprint density at radius 3 is 0.750 bits per heavy atom. The van der Waals surface area contributed by atoms with Crippen molar-refractivity contribution in [2.75, 3.05) is 0 Å². The molecule has 0 N–H and O–H groups in total. The van der Waals surface area contributed by atoms with E-state index in [1.54, 1.807) is 0 Å². The van der Waals surface area contributed by atoms with Crippen molar-refractivity contribution in [3.05, 3.63) is 0 Å². The molecule has 0 radical (unpaired) electrons. The zero-order chi connectivity index (χ0) is 0. The number of rotatable bonds is 0. The third-order valence-corrected chi connectivity index (χ3v) is 0. The maximum Gasteiger partial charge on any atom is 0 e. The van der Waals surface area contributed by atoms with Gasteiger partial charge in [-0.1, -0.05) is 0 Å². The van der Waals surface area contributed by atoms with Crippen LogP contribution in [0.15, 0.2) is 0 Å². The second kappa shape index (κ2) is 19.0. The zero-order valence-electron chi connectivity index (χ0n) is 1.00. The van der Waals surface area contributed by atoms with Crippen molar-refractivity contribution in [2.24, 2.45) is 0 Å². The van der Waals surface area contributed by atoms with E-state index in [1.165, 1.54) is 0 Å². The first-order chi connectivity index (χ1) is 0. The fourth-order valence-electron chi connectivity index (χ4n) is 0. The van der Waals surface area contributed by atoms with E-state index in [0.29, 0.717) is 0 Å². The molecule has 0 fully saturated rings. The van der Waals surface area contributed by atoms with Gasteiger partial charge in [0.15, 0.2) is 0 Å². The van der Waals surface area contributed by atoms with Gasteiger partial charge in [0.2, 0.25) is 0 Å². The third kappa shape index (κ3) is 8.89. The van der Waals surface area contributed by atoms with E-state index in [0.717, 1.165) is 0 Å². The summed E-state index contributed by atoms with van der Waals surface area (Å²) in [6, 6.07) is 0. The van der Waals surface area contributed by atoms with Gasteiger partial charge < -0.3 is 0 Å². The minimum absolute atomic E-state index is 0. The first kappa shape index (κ1) is 34.8. The summed E-state index contributed by atoms with van der Waals surface area (Å²) in [5, 5.41) is 0. The van der Waals surface area contributed by atoms with E-state index >= 15 is 0 Å². The number of hydrogen-bond acceptors (Lipinski definition) is 0. The molecule has 0 aromatic rings. The van der Waals surface area contributed by atoms with Crippen LogP contribution in [0.5, 0.6) is 0 Å². The molecule has 24 valence electrons. The van der Waals surface area contributed by atoms with Crippen LogP contribution in [0.3, 0.4) is 0 Å². The van der Waals surface area contributed by atoms with Gasteiger partial charge in [-0.25, -0.2) is 0 Å². The average molecular weight is 334 g/mol. The Hall–Kier alpha value is 2.19. The molecule has 0 spiro atoms. The molecule has 0 nitrogen and oxygen atoms in total. The fourth-order valence-corrected chi connectivity index (χ4v) is 0. The smallest absolute Gasteiger partial charge is 0 e. The molecule has 0 aliphatic carbocycles. The summed E-state index contributed by atoms with van der Waals surface area (Å²) in [4.78, 5) is 0. The molecule has 0 aliphatic rings. The molecule has 4 heavy (non-hydrogen) atoms. The molecule has 4 heteroatoms. The van der Waals surface area contributed by atoms with Gasteiger partial charge in [0.1, 0.15) is 0 Å². The molecule has 0 bridgehead atoms. The van der Waals surface area contributed by atoms with Crippen LogP contribution >= 0.6 is 0 Å². The van der Waals surface area contributed by atoms with Crippen molar-refractivity contribution in [2.45, 2.75) is 0 Å². The van der Waals surface area contributed by atoms with Gasteiger partial charge in [-0.15, -0.1) is 0 Å². The number of hydrogen-bond donors (Lipinski definition) is 0. The van der Waals surface area contributed by atoms with Crippen LogP contribution in [0.4, 0.5) is 0 Å². The minimum atomic E-state index is 0. The van der Waals surface area contributed by atoms with Crippen molar-refractivity contribution in [3.63, 3.8) is 0 Å². The Morgan fingerprint density at radius 2 is 0.750 bits per heavy atom. The second-order valence-electron chi connectivity index (χ2n) is 0. The predicted molar refractivity (Wildman–Crippen MR) is 22.7 cm³/mol. The summed E-state index contributed by atoms with van der Waals surface area (Å²) in [6.45, 7) is 0. The van der Waals surface area contributed by atoms with Gasteiger partial charge in [0.05, 0.1) is 0 Å². The van der Waals surface area contributed by atoms with Crippen molar-refractivity contribution < 1.29 is 52.0 Å². The van der Waals surface area contributed by atoms with Crippen LogP contribution in [-0.2, 0) is 52.0 Å². The largest absolute Gasteiger partial charge is 0.0149 e. The Kier molecular flexibility index (Phi) is 165. The van der Waals surface area contributed by atoms with Crippen molar-refractivity contribution in [1.29, 1.82) is 0 Å². The van der Waals surface area contributed by atoms with Gasteiger partial charge in [0.25, 0.3) is 0 Å². The van der Waals surface area contributed by atoms with Crippen LogP contribution < -0.4 is 0 Å². The SMILES string of the molecule is [Hf].[SiH4].[SiH4].[Zr]. The molecule has 0 atom stereocenters. The predicted octanol–water partition coefficient (Wildman–Crippen LogP) is -2.91. The topological polar surface area (TPSA) is 0 Å². The molecule has 0 rings (SSSR count). The van der Waals surface area contributed by atoms with Gasteiger partial charge in [-0.3, -0.25) is 0 Å². The quantitative estimate of drug-likeness (QED) is 0.417. The van der Waals surface area contributed by atoms with Gasteiger partial charge in [-0.05, 0) is 21.9 Å². The Labute approximate surface area is 73.1 Å². The van der Waals surface area contributed by atoms with E-state index in [4.69, 9.17) is 0 Å². The van der Waals surface area contributed by atoms with Gasteiger partial charge in [0, 0.05) is 52.0 Å². The Balaban J connectivity index is 0. The molecular weight excluding hydrogens is 326 g/mol. The first-order valence-corrected chi connectivity index (χ1v) is 0. The average Bonchev–Trinajstić information content (AvgIpc) is 0. The summed E-state index contributed by atoms with van der Waals surface area (Å²) in [5.74, 6) is 0. The molecule has 0 saturated heterocycles. The fraction of sp³-hybridized carbons (Fsp3) is 0. The molecule has 0 amide bonds. The normalized spacial score (nSPS) is 0. The summed E-state index contributed by atoms with van der Waals surface area (Å²) >= 11 is 0.